The molecule has 0 radical (unpaired) electrons. The van der Waals surface area contributed by atoms with Crippen LogP contribution in [0.3, 0.4) is 0 Å². The molecule has 0 spiro atoms. The van der Waals surface area contributed by atoms with Gasteiger partial charge in [0.2, 0.25) is 5.95 Å². The Morgan fingerprint density at radius 2 is 1.66 bits per heavy atom. The van der Waals surface area contributed by atoms with Gasteiger partial charge in [0.05, 0.1) is 0 Å². The Morgan fingerprint density at radius 1 is 0.966 bits per heavy atom. The van der Waals surface area contributed by atoms with Crippen molar-refractivity contribution in [1.82, 2.24) is 29.3 Å². The molecule has 0 amide bonds. The number of nitrogens with two attached hydrogens (primary N) is 1. The summed E-state index contributed by atoms with van der Waals surface area (Å²) in [5, 5.41) is 3.20. The smallest absolute Gasteiger partial charge is 0.327 e. The molecule has 29 heavy (non-hydrogen) atoms. The Morgan fingerprint density at radius 3 is 2.34 bits per heavy atom. The molecule has 2 aromatic rings. The molecule has 3 rings (SSSR count). The third-order valence-corrected chi connectivity index (χ3v) is 5.57. The van der Waals surface area contributed by atoms with Crippen molar-refractivity contribution in [1.29, 1.82) is 0 Å². The van der Waals surface area contributed by atoms with Gasteiger partial charge in [0.25, 0.3) is 0 Å². The Hall–Kier alpha value is -2.13. The van der Waals surface area contributed by atoms with Gasteiger partial charge in [0.1, 0.15) is 5.52 Å². The number of aromatic amines is 1. The second-order valence-electron chi connectivity index (χ2n) is 7.88. The van der Waals surface area contributed by atoms with E-state index in [0.29, 0.717) is 29.5 Å². The molecule has 1 aliphatic rings. The zero-order chi connectivity index (χ0) is 20.6. The summed E-state index contributed by atoms with van der Waals surface area (Å²) in [6.07, 6.45) is 5.35. The minimum absolute atomic E-state index is 0.167. The molecule has 0 bridgehead atoms. The molecule has 9 heteroatoms. The van der Waals surface area contributed by atoms with Crippen molar-refractivity contribution >= 4 is 22.9 Å². The van der Waals surface area contributed by atoms with Gasteiger partial charge in [-0.15, -0.1) is 0 Å². The molecule has 0 aliphatic carbocycles. The van der Waals surface area contributed by atoms with Crippen LogP contribution in [0.5, 0.6) is 0 Å². The van der Waals surface area contributed by atoms with Crippen molar-refractivity contribution in [2.24, 2.45) is 0 Å². The molecule has 162 valence electrons. The van der Waals surface area contributed by atoms with Crippen LogP contribution in [0.2, 0.25) is 0 Å². The maximum absolute atomic E-state index is 12.4. The van der Waals surface area contributed by atoms with Gasteiger partial charge in [-0.2, -0.15) is 9.97 Å². The summed E-state index contributed by atoms with van der Waals surface area (Å²) >= 11 is 0. The van der Waals surface area contributed by atoms with Gasteiger partial charge in [0, 0.05) is 39.3 Å². The summed E-state index contributed by atoms with van der Waals surface area (Å²) in [7, 11) is 0. The Bertz CT molecular complexity index is 822. The second kappa shape index (κ2) is 10.6. The monoisotopic (exact) mass is 404 g/mol. The number of rotatable bonds is 11. The summed E-state index contributed by atoms with van der Waals surface area (Å²) in [6, 6.07) is 0. The van der Waals surface area contributed by atoms with Crippen LogP contribution in [0.4, 0.5) is 11.8 Å². The molecule has 1 fully saturated rings. The fourth-order valence-corrected chi connectivity index (χ4v) is 3.87. The van der Waals surface area contributed by atoms with E-state index in [4.69, 9.17) is 5.73 Å². The normalized spacial score (nSPS) is 15.9. The van der Waals surface area contributed by atoms with Crippen LogP contribution in [-0.2, 0) is 6.54 Å². The Balaban J connectivity index is 1.54. The van der Waals surface area contributed by atoms with Crippen LogP contribution in [-0.4, -0.2) is 75.1 Å². The Labute approximate surface area is 172 Å². The standard InChI is InChI=1S/C20H36N8O/c1-3-5-8-22-19-24-17(21)16-18(25-19)28(20(29)23-16)11-7-6-10-27-14-12-26(9-4-2)13-15-27/h3-15H2,1-2H3,(H,23,29)(H3,21,22,24,25). The van der Waals surface area contributed by atoms with Crippen molar-refractivity contribution in [3.05, 3.63) is 10.5 Å². The first-order valence-electron chi connectivity index (χ1n) is 11.1. The van der Waals surface area contributed by atoms with Gasteiger partial charge >= 0.3 is 5.69 Å². The number of imidazole rings is 1. The lowest BCUT2D eigenvalue weighted by Crippen LogP contribution is -2.46. The lowest BCUT2D eigenvalue weighted by atomic mass is 10.2. The lowest BCUT2D eigenvalue weighted by molar-refractivity contribution is 0.130. The number of nitrogens with one attached hydrogen (secondary N) is 2. The zero-order valence-corrected chi connectivity index (χ0v) is 17.9. The molecule has 1 aliphatic heterocycles. The van der Waals surface area contributed by atoms with E-state index < -0.39 is 0 Å². The number of hydrogen-bond donors (Lipinski definition) is 3. The van der Waals surface area contributed by atoms with E-state index in [1.165, 1.54) is 26.1 Å². The van der Waals surface area contributed by atoms with Crippen LogP contribution in [0, 0.1) is 0 Å². The molecule has 0 aromatic carbocycles. The molecular formula is C20H36N8O. The molecule has 4 N–H and O–H groups in total. The molecule has 0 unspecified atom stereocenters. The number of aromatic nitrogens is 4. The molecule has 2 aromatic heterocycles. The predicted molar refractivity (Wildman–Crippen MR) is 118 cm³/mol. The van der Waals surface area contributed by atoms with Crippen molar-refractivity contribution in [2.45, 2.75) is 52.5 Å². The molecular weight excluding hydrogens is 368 g/mol. The maximum atomic E-state index is 12.4. The summed E-state index contributed by atoms with van der Waals surface area (Å²) in [5.74, 6) is 0.802. The van der Waals surface area contributed by atoms with Gasteiger partial charge in [-0.25, -0.2) is 4.79 Å². The second-order valence-corrected chi connectivity index (χ2v) is 7.88. The first-order valence-corrected chi connectivity index (χ1v) is 11.1. The minimum Gasteiger partial charge on any atom is -0.382 e. The van der Waals surface area contributed by atoms with E-state index in [-0.39, 0.29) is 5.69 Å². The largest absolute Gasteiger partial charge is 0.382 e. The van der Waals surface area contributed by atoms with Crippen LogP contribution in [0.15, 0.2) is 4.79 Å². The average Bonchev–Trinajstić information content (AvgIpc) is 3.03. The number of anilines is 2. The fourth-order valence-electron chi connectivity index (χ4n) is 3.87. The van der Waals surface area contributed by atoms with Crippen LogP contribution >= 0.6 is 0 Å². The number of nitrogens with zero attached hydrogens (tertiary/aromatic N) is 5. The van der Waals surface area contributed by atoms with E-state index in [1.54, 1.807) is 4.57 Å². The highest BCUT2D eigenvalue weighted by molar-refractivity contribution is 5.82. The van der Waals surface area contributed by atoms with E-state index in [1.807, 2.05) is 0 Å². The van der Waals surface area contributed by atoms with Crippen LogP contribution < -0.4 is 16.7 Å². The highest BCUT2D eigenvalue weighted by Crippen LogP contribution is 2.17. The summed E-state index contributed by atoms with van der Waals surface area (Å²) < 4.78 is 1.69. The van der Waals surface area contributed by atoms with Gasteiger partial charge in [-0.05, 0) is 38.8 Å². The first-order chi connectivity index (χ1) is 14.1. The number of H-pyrrole nitrogens is 1. The van der Waals surface area contributed by atoms with Crippen molar-refractivity contribution in [2.75, 3.05) is 56.9 Å². The molecule has 9 nitrogen and oxygen atoms in total. The van der Waals surface area contributed by atoms with Gasteiger partial charge in [0.15, 0.2) is 11.5 Å². The highest BCUT2D eigenvalue weighted by atomic mass is 16.1. The van der Waals surface area contributed by atoms with Crippen LogP contribution in [0.25, 0.3) is 11.2 Å². The predicted octanol–water partition coefficient (Wildman–Crippen LogP) is 1.72. The quantitative estimate of drug-likeness (QED) is 0.489. The third kappa shape index (κ3) is 5.70. The van der Waals surface area contributed by atoms with E-state index >= 15 is 0 Å². The van der Waals surface area contributed by atoms with Crippen molar-refractivity contribution in [3.63, 3.8) is 0 Å². The molecule has 0 atom stereocenters. The highest BCUT2D eigenvalue weighted by Gasteiger charge is 2.16. The number of piperazine rings is 1. The van der Waals surface area contributed by atoms with Gasteiger partial charge in [-0.1, -0.05) is 20.3 Å². The van der Waals surface area contributed by atoms with Gasteiger partial charge in [-0.3, -0.25) is 4.57 Å². The first kappa shape index (κ1) is 21.6. The summed E-state index contributed by atoms with van der Waals surface area (Å²) in [6.45, 7) is 12.7. The Kier molecular flexibility index (Phi) is 7.88. The zero-order valence-electron chi connectivity index (χ0n) is 17.9. The van der Waals surface area contributed by atoms with E-state index in [0.717, 1.165) is 51.9 Å². The minimum atomic E-state index is -0.167. The topological polar surface area (TPSA) is 108 Å². The lowest BCUT2D eigenvalue weighted by Gasteiger charge is -2.34. The average molecular weight is 405 g/mol. The number of unbranched alkanes of at least 4 members (excludes halogenated alkanes) is 2. The van der Waals surface area contributed by atoms with Crippen molar-refractivity contribution in [3.8, 4) is 0 Å². The molecule has 1 saturated heterocycles. The molecule has 3 heterocycles. The number of aryl methyl sites for hydroxylation is 1. The summed E-state index contributed by atoms with van der Waals surface area (Å²) in [5.41, 5.74) is 7.00. The van der Waals surface area contributed by atoms with E-state index in [2.05, 4.69) is 43.9 Å². The van der Waals surface area contributed by atoms with Crippen molar-refractivity contribution < 1.29 is 0 Å². The number of fused-ring (bicyclic) bond motifs is 1. The molecule has 0 saturated carbocycles. The SMILES string of the molecule is CCCCNc1nc(N)c2[nH]c(=O)n(CCCCN3CCN(CCC)CC3)c2n1. The van der Waals surface area contributed by atoms with Gasteiger partial charge < -0.3 is 25.8 Å². The summed E-state index contributed by atoms with van der Waals surface area (Å²) in [4.78, 5) is 29.1. The van der Waals surface area contributed by atoms with Crippen LogP contribution in [0.1, 0.15) is 46.0 Å². The fraction of sp³-hybridized carbons (Fsp3) is 0.750. The number of nitrogen functional groups attached to an aromatic ring is 1. The maximum Gasteiger partial charge on any atom is 0.327 e. The number of hydrogen-bond acceptors (Lipinski definition) is 7. The third-order valence-electron chi connectivity index (χ3n) is 5.57. The van der Waals surface area contributed by atoms with E-state index in [9.17, 15) is 4.79 Å².